The van der Waals surface area contributed by atoms with Gasteiger partial charge in [-0.05, 0) is 33.1 Å². The maximum absolute atomic E-state index is 12.1. The van der Waals surface area contributed by atoms with Gasteiger partial charge in [-0.2, -0.15) is 0 Å². The van der Waals surface area contributed by atoms with Crippen LogP contribution in [0.4, 0.5) is 0 Å². The molecule has 19 heavy (non-hydrogen) atoms. The molecule has 1 aliphatic heterocycles. The van der Waals surface area contributed by atoms with E-state index >= 15 is 0 Å². The van der Waals surface area contributed by atoms with E-state index in [0.29, 0.717) is 6.42 Å². The third-order valence-electron chi connectivity index (χ3n) is 3.62. The van der Waals surface area contributed by atoms with Gasteiger partial charge in [0.05, 0.1) is 11.5 Å². The number of rotatable bonds is 4. The smallest absolute Gasteiger partial charge is 0.235 e. The van der Waals surface area contributed by atoms with Crippen LogP contribution in [-0.4, -0.2) is 43.8 Å². The highest BCUT2D eigenvalue weighted by molar-refractivity contribution is 7.91. The van der Waals surface area contributed by atoms with Crippen LogP contribution in [0.15, 0.2) is 0 Å². The first-order valence-electron chi connectivity index (χ1n) is 6.53. The Kier molecular flexibility index (Phi) is 3.59. The second-order valence-electron chi connectivity index (χ2n) is 5.95. The minimum absolute atomic E-state index is 0.0287. The fraction of sp³-hybridized carbons (Fsp3) is 0.833. The summed E-state index contributed by atoms with van der Waals surface area (Å²) in [6, 6.07) is -0.170. The number of hydrogen-bond donors (Lipinski definition) is 2. The summed E-state index contributed by atoms with van der Waals surface area (Å²) >= 11 is 0. The first-order chi connectivity index (χ1) is 8.71. The Morgan fingerprint density at radius 2 is 1.53 bits per heavy atom. The molecular formula is C12H20N2O4S. The van der Waals surface area contributed by atoms with Gasteiger partial charge in [0, 0.05) is 12.1 Å². The monoisotopic (exact) mass is 288 g/mol. The standard InChI is InChI=1S/C12H20N2O4S/c1-12(2,10(15)13-8-3-4-8)11(16)14-9-5-6-19(17,18)7-9/h8-9H,3-7H2,1-2H3,(H,13,15)(H,14,16). The molecule has 6 nitrogen and oxygen atoms in total. The van der Waals surface area contributed by atoms with Crippen molar-refractivity contribution in [3.63, 3.8) is 0 Å². The van der Waals surface area contributed by atoms with Crippen molar-refractivity contribution in [1.29, 1.82) is 0 Å². The van der Waals surface area contributed by atoms with E-state index in [1.54, 1.807) is 13.8 Å². The summed E-state index contributed by atoms with van der Waals surface area (Å²) < 4.78 is 22.7. The van der Waals surface area contributed by atoms with Gasteiger partial charge in [-0.25, -0.2) is 8.42 Å². The van der Waals surface area contributed by atoms with E-state index in [-0.39, 0.29) is 29.5 Å². The van der Waals surface area contributed by atoms with Gasteiger partial charge in [0.2, 0.25) is 11.8 Å². The molecule has 0 radical (unpaired) electrons. The second-order valence-corrected chi connectivity index (χ2v) is 8.17. The van der Waals surface area contributed by atoms with Crippen LogP contribution >= 0.6 is 0 Å². The summed E-state index contributed by atoms with van der Waals surface area (Å²) in [7, 11) is -3.03. The van der Waals surface area contributed by atoms with Gasteiger partial charge in [0.1, 0.15) is 5.41 Å². The lowest BCUT2D eigenvalue weighted by atomic mass is 9.90. The zero-order valence-corrected chi connectivity index (χ0v) is 12.0. The Morgan fingerprint density at radius 1 is 1.00 bits per heavy atom. The summed E-state index contributed by atoms with van der Waals surface area (Å²) in [6.45, 7) is 3.12. The molecule has 0 bridgehead atoms. The number of carbonyl (C=O) groups excluding carboxylic acids is 2. The molecule has 1 heterocycles. The number of nitrogens with one attached hydrogen (secondary N) is 2. The predicted octanol–water partition coefficient (Wildman–Crippen LogP) is -0.405. The Bertz CT molecular complexity index is 494. The first-order valence-corrected chi connectivity index (χ1v) is 8.35. The third kappa shape index (κ3) is 3.46. The Morgan fingerprint density at radius 3 is 1.95 bits per heavy atom. The molecular weight excluding hydrogens is 268 g/mol. The predicted molar refractivity (Wildman–Crippen MR) is 70.1 cm³/mol. The quantitative estimate of drug-likeness (QED) is 0.688. The van der Waals surface area contributed by atoms with Gasteiger partial charge in [0.25, 0.3) is 0 Å². The van der Waals surface area contributed by atoms with Gasteiger partial charge >= 0.3 is 0 Å². The average Bonchev–Trinajstić information content (AvgIpc) is 3.03. The minimum Gasteiger partial charge on any atom is -0.352 e. The fourth-order valence-corrected chi connectivity index (χ4v) is 3.64. The van der Waals surface area contributed by atoms with Crippen LogP contribution in [0.3, 0.4) is 0 Å². The van der Waals surface area contributed by atoms with Gasteiger partial charge in [-0.15, -0.1) is 0 Å². The number of sulfone groups is 1. The van der Waals surface area contributed by atoms with Crippen molar-refractivity contribution in [2.45, 2.75) is 45.2 Å². The van der Waals surface area contributed by atoms with Crippen LogP contribution in [0.2, 0.25) is 0 Å². The molecule has 2 fully saturated rings. The van der Waals surface area contributed by atoms with E-state index < -0.39 is 21.2 Å². The molecule has 0 aromatic heterocycles. The van der Waals surface area contributed by atoms with Crippen molar-refractivity contribution >= 4 is 21.7 Å². The molecule has 1 saturated carbocycles. The van der Waals surface area contributed by atoms with Crippen LogP contribution in [0.25, 0.3) is 0 Å². The minimum atomic E-state index is -3.03. The van der Waals surface area contributed by atoms with E-state index in [0.717, 1.165) is 12.8 Å². The SMILES string of the molecule is CC(C)(C(=O)NC1CC1)C(=O)NC1CCS(=O)(=O)C1. The van der Waals surface area contributed by atoms with Crippen LogP contribution < -0.4 is 10.6 Å². The van der Waals surface area contributed by atoms with E-state index in [1.807, 2.05) is 0 Å². The summed E-state index contributed by atoms with van der Waals surface area (Å²) in [5.41, 5.74) is -1.17. The molecule has 2 rings (SSSR count). The lowest BCUT2D eigenvalue weighted by molar-refractivity contribution is -0.141. The fourth-order valence-electron chi connectivity index (χ4n) is 1.97. The second kappa shape index (κ2) is 4.77. The number of carbonyl (C=O) groups is 2. The first kappa shape index (κ1) is 14.3. The topological polar surface area (TPSA) is 92.3 Å². The molecule has 108 valence electrons. The van der Waals surface area contributed by atoms with Crippen LogP contribution in [0, 0.1) is 5.41 Å². The summed E-state index contributed by atoms with van der Waals surface area (Å²) in [4.78, 5) is 24.1. The molecule has 1 saturated heterocycles. The highest BCUT2D eigenvalue weighted by Crippen LogP contribution is 2.23. The van der Waals surface area contributed by atoms with Crippen LogP contribution in [-0.2, 0) is 19.4 Å². The van der Waals surface area contributed by atoms with Crippen LogP contribution in [0.1, 0.15) is 33.1 Å². The third-order valence-corrected chi connectivity index (χ3v) is 5.38. The van der Waals surface area contributed by atoms with Gasteiger partial charge in [-0.1, -0.05) is 0 Å². The molecule has 1 aliphatic carbocycles. The molecule has 0 spiro atoms. The molecule has 1 atom stereocenters. The lowest BCUT2D eigenvalue weighted by Crippen LogP contribution is -2.51. The zero-order valence-electron chi connectivity index (χ0n) is 11.2. The van der Waals surface area contributed by atoms with Crippen molar-refractivity contribution in [2.24, 2.45) is 5.41 Å². The zero-order chi connectivity index (χ0) is 14.3. The molecule has 2 aliphatic rings. The average molecular weight is 288 g/mol. The molecule has 0 aromatic rings. The molecule has 0 aromatic carbocycles. The van der Waals surface area contributed by atoms with Crippen molar-refractivity contribution < 1.29 is 18.0 Å². The largest absolute Gasteiger partial charge is 0.352 e. The van der Waals surface area contributed by atoms with E-state index in [2.05, 4.69) is 10.6 Å². The molecule has 2 N–H and O–H groups in total. The molecule has 1 unspecified atom stereocenters. The normalized spacial score (nSPS) is 25.9. The Hall–Kier alpha value is -1.11. The highest BCUT2D eigenvalue weighted by atomic mass is 32.2. The van der Waals surface area contributed by atoms with Gasteiger partial charge in [-0.3, -0.25) is 9.59 Å². The van der Waals surface area contributed by atoms with E-state index in [1.165, 1.54) is 0 Å². The number of amides is 2. The van der Waals surface area contributed by atoms with Gasteiger partial charge in [0.15, 0.2) is 9.84 Å². The van der Waals surface area contributed by atoms with Gasteiger partial charge < -0.3 is 10.6 Å². The molecule has 2 amide bonds. The van der Waals surface area contributed by atoms with Crippen LogP contribution in [0.5, 0.6) is 0 Å². The van der Waals surface area contributed by atoms with Crippen molar-refractivity contribution in [3.8, 4) is 0 Å². The molecule has 7 heteroatoms. The lowest BCUT2D eigenvalue weighted by Gasteiger charge is -2.24. The van der Waals surface area contributed by atoms with E-state index in [4.69, 9.17) is 0 Å². The van der Waals surface area contributed by atoms with E-state index in [9.17, 15) is 18.0 Å². The maximum atomic E-state index is 12.1. The maximum Gasteiger partial charge on any atom is 0.235 e. The van der Waals surface area contributed by atoms with Crippen molar-refractivity contribution in [3.05, 3.63) is 0 Å². The van der Waals surface area contributed by atoms with Crippen molar-refractivity contribution in [2.75, 3.05) is 11.5 Å². The summed E-state index contributed by atoms with van der Waals surface area (Å²) in [6.07, 6.45) is 2.35. The van der Waals surface area contributed by atoms with Crippen molar-refractivity contribution in [1.82, 2.24) is 10.6 Å². The Balaban J connectivity index is 1.92. The number of hydrogen-bond acceptors (Lipinski definition) is 4. The summed E-state index contributed by atoms with van der Waals surface area (Å²) in [5, 5.41) is 5.47. The highest BCUT2D eigenvalue weighted by Gasteiger charge is 2.40. The Labute approximate surface area is 113 Å². The summed E-state index contributed by atoms with van der Waals surface area (Å²) in [5.74, 6) is -0.632.